The summed E-state index contributed by atoms with van der Waals surface area (Å²) in [6.07, 6.45) is 5.99. The van der Waals surface area contributed by atoms with Crippen LogP contribution in [0.25, 0.3) is 0 Å². The Balaban J connectivity index is 2.27. The van der Waals surface area contributed by atoms with Gasteiger partial charge in [-0.15, -0.1) is 18.9 Å². The second-order valence-electron chi connectivity index (χ2n) is 15.8. The summed E-state index contributed by atoms with van der Waals surface area (Å²) in [6.45, 7) is 17.7. The molecule has 0 aromatic rings. The lowest BCUT2D eigenvalue weighted by Gasteiger charge is -2.40. The van der Waals surface area contributed by atoms with Gasteiger partial charge < -0.3 is 31.3 Å². The number of β-amino-alcohol motifs (C(OH)–C–C–N with tert-alkyl or cyclic N) is 1. The van der Waals surface area contributed by atoms with Gasteiger partial charge in [0.1, 0.15) is 12.1 Å². The number of hydrogen-bond donors (Lipinski definition) is 5. The van der Waals surface area contributed by atoms with Crippen LogP contribution in [0.3, 0.4) is 0 Å². The maximum Gasteiger partial charge on any atom is 0.315 e. The maximum atomic E-state index is 14.1. The van der Waals surface area contributed by atoms with Crippen LogP contribution in [-0.2, 0) is 28.8 Å². The second-order valence-corrected chi connectivity index (χ2v) is 15.8. The van der Waals surface area contributed by atoms with Gasteiger partial charge in [-0.3, -0.25) is 33.7 Å². The van der Waals surface area contributed by atoms with Gasteiger partial charge in [0.15, 0.2) is 0 Å². The fourth-order valence-electron chi connectivity index (χ4n) is 5.76. The number of likely N-dealkylation sites (tertiary alicyclic amines) is 2. The predicted octanol–water partition coefficient (Wildman–Crippen LogP) is 1.02. The van der Waals surface area contributed by atoms with E-state index in [9.17, 15) is 38.7 Å². The summed E-state index contributed by atoms with van der Waals surface area (Å²) >= 11 is 0. The van der Waals surface area contributed by atoms with Crippen molar-refractivity contribution in [1.82, 2.24) is 31.1 Å². The van der Waals surface area contributed by atoms with Gasteiger partial charge in [0, 0.05) is 45.3 Å². The molecule has 49 heavy (non-hydrogen) atoms. The van der Waals surface area contributed by atoms with Crippen molar-refractivity contribution in [1.29, 1.82) is 0 Å². The SMILES string of the molecule is C#CCCC(NC(=O)[C@@H]1CC(O)CN1C(=O)[C@@H](NC(=O)N[C@H](CN1C(=O)CC(C)(C)CC1=O)C(C)(C)C)C(C)(C)C)C(=O)C(=O)NCC=C. The molecule has 2 aliphatic rings. The summed E-state index contributed by atoms with van der Waals surface area (Å²) in [6, 6.07) is -5.07. The normalized spacial score (nSPS) is 21.1. The molecule has 272 valence electrons. The number of nitrogens with zero attached hydrogens (tertiary/aromatic N) is 2. The summed E-state index contributed by atoms with van der Waals surface area (Å²) in [7, 11) is 0. The molecule has 2 rings (SSSR count). The molecular formula is C35H54N6O8. The Morgan fingerprint density at radius 1 is 1.02 bits per heavy atom. The molecule has 0 aliphatic carbocycles. The number of carbonyl (C=O) groups is 7. The van der Waals surface area contributed by atoms with Crippen LogP contribution in [0, 0.1) is 28.6 Å². The summed E-state index contributed by atoms with van der Waals surface area (Å²) in [4.78, 5) is 94.4. The van der Waals surface area contributed by atoms with E-state index in [4.69, 9.17) is 6.42 Å². The number of Topliss-reactive ketones (excluding diaryl/α,β-unsaturated/α-hetero) is 1. The van der Waals surface area contributed by atoms with Crippen LogP contribution in [0.4, 0.5) is 4.79 Å². The highest BCUT2D eigenvalue weighted by atomic mass is 16.3. The third-order valence-electron chi connectivity index (χ3n) is 8.67. The van der Waals surface area contributed by atoms with E-state index in [1.165, 1.54) is 11.0 Å². The van der Waals surface area contributed by atoms with E-state index >= 15 is 0 Å². The predicted molar refractivity (Wildman–Crippen MR) is 182 cm³/mol. The minimum Gasteiger partial charge on any atom is -0.391 e. The number of ketones is 1. The molecular weight excluding hydrogens is 632 g/mol. The highest BCUT2D eigenvalue weighted by molar-refractivity contribution is 6.38. The number of imide groups is 1. The number of terminal acetylenes is 1. The first-order chi connectivity index (χ1) is 22.5. The van der Waals surface area contributed by atoms with E-state index in [0.29, 0.717) is 0 Å². The van der Waals surface area contributed by atoms with Crippen LogP contribution in [-0.4, -0.2) is 106 Å². The van der Waals surface area contributed by atoms with E-state index in [0.717, 1.165) is 4.90 Å². The molecule has 0 radical (unpaired) electrons. The Labute approximate surface area is 289 Å². The minimum absolute atomic E-state index is 0.0283. The quantitative estimate of drug-likeness (QED) is 0.0820. The smallest absolute Gasteiger partial charge is 0.315 e. The van der Waals surface area contributed by atoms with Crippen LogP contribution in [0.1, 0.15) is 87.5 Å². The number of amides is 7. The minimum atomic E-state index is -1.27. The van der Waals surface area contributed by atoms with Gasteiger partial charge in [-0.1, -0.05) is 61.5 Å². The van der Waals surface area contributed by atoms with E-state index in [1.54, 1.807) is 20.8 Å². The molecule has 0 saturated carbocycles. The van der Waals surface area contributed by atoms with Crippen molar-refractivity contribution in [2.45, 2.75) is 118 Å². The van der Waals surface area contributed by atoms with Crippen molar-refractivity contribution in [3.8, 4) is 12.3 Å². The Hall–Kier alpha value is -4.25. The molecule has 2 fully saturated rings. The van der Waals surface area contributed by atoms with E-state index in [2.05, 4.69) is 33.8 Å². The number of carbonyl (C=O) groups excluding carboxylic acids is 7. The number of rotatable bonds is 13. The molecule has 5 atom stereocenters. The molecule has 2 saturated heterocycles. The molecule has 0 aromatic carbocycles. The number of urea groups is 1. The molecule has 2 aliphatic heterocycles. The zero-order valence-electron chi connectivity index (χ0n) is 30.1. The summed E-state index contributed by atoms with van der Waals surface area (Å²) in [5.41, 5.74) is -1.92. The molecule has 14 nitrogen and oxygen atoms in total. The molecule has 5 N–H and O–H groups in total. The molecule has 2 heterocycles. The average molecular weight is 687 g/mol. The summed E-state index contributed by atoms with van der Waals surface area (Å²) in [5, 5.41) is 21.0. The Kier molecular flexibility index (Phi) is 13.7. The number of aliphatic hydroxyl groups excluding tert-OH is 1. The van der Waals surface area contributed by atoms with Gasteiger partial charge in [-0.2, -0.15) is 0 Å². The van der Waals surface area contributed by atoms with Gasteiger partial charge in [0.2, 0.25) is 29.4 Å². The van der Waals surface area contributed by atoms with E-state index < -0.39 is 76.1 Å². The molecule has 14 heteroatoms. The molecule has 0 spiro atoms. The average Bonchev–Trinajstić information content (AvgIpc) is 3.37. The van der Waals surface area contributed by atoms with Crippen molar-refractivity contribution < 1.29 is 38.7 Å². The molecule has 7 amide bonds. The van der Waals surface area contributed by atoms with Gasteiger partial charge in [0.05, 0.1) is 18.2 Å². The topological polar surface area (TPSA) is 194 Å². The van der Waals surface area contributed by atoms with Crippen molar-refractivity contribution in [2.75, 3.05) is 19.6 Å². The van der Waals surface area contributed by atoms with E-state index in [1.807, 2.05) is 34.6 Å². The monoisotopic (exact) mass is 686 g/mol. The number of nitrogens with one attached hydrogen (secondary N) is 4. The third-order valence-corrected chi connectivity index (χ3v) is 8.67. The van der Waals surface area contributed by atoms with Crippen LogP contribution in [0.5, 0.6) is 0 Å². The summed E-state index contributed by atoms with van der Waals surface area (Å²) < 4.78 is 0. The van der Waals surface area contributed by atoms with Gasteiger partial charge in [-0.05, 0) is 22.7 Å². The van der Waals surface area contributed by atoms with Gasteiger partial charge in [-0.25, -0.2) is 4.79 Å². The van der Waals surface area contributed by atoms with Gasteiger partial charge in [0.25, 0.3) is 5.91 Å². The zero-order chi connectivity index (χ0) is 37.5. The molecule has 2 unspecified atom stereocenters. The fraction of sp³-hybridized carbons (Fsp3) is 0.686. The fourth-order valence-corrected chi connectivity index (χ4v) is 5.76. The van der Waals surface area contributed by atoms with Crippen molar-refractivity contribution in [3.63, 3.8) is 0 Å². The Bertz CT molecular complexity index is 1330. The maximum absolute atomic E-state index is 14.1. The number of piperidine rings is 1. The zero-order valence-corrected chi connectivity index (χ0v) is 30.1. The van der Waals surface area contributed by atoms with Crippen LogP contribution >= 0.6 is 0 Å². The van der Waals surface area contributed by atoms with Crippen LogP contribution in [0.2, 0.25) is 0 Å². The van der Waals surface area contributed by atoms with Crippen LogP contribution < -0.4 is 21.3 Å². The third kappa shape index (κ3) is 11.4. The summed E-state index contributed by atoms with van der Waals surface area (Å²) in [5.74, 6) is -1.53. The Morgan fingerprint density at radius 2 is 1.61 bits per heavy atom. The lowest BCUT2D eigenvalue weighted by molar-refractivity contribution is -0.153. The lowest BCUT2D eigenvalue weighted by atomic mass is 9.80. The lowest BCUT2D eigenvalue weighted by Crippen LogP contribution is -2.62. The van der Waals surface area contributed by atoms with Crippen molar-refractivity contribution in [2.24, 2.45) is 16.2 Å². The second kappa shape index (κ2) is 16.4. The van der Waals surface area contributed by atoms with E-state index in [-0.39, 0.29) is 63.6 Å². The molecule has 0 aromatic heterocycles. The number of hydrogen-bond acceptors (Lipinski definition) is 8. The first-order valence-electron chi connectivity index (χ1n) is 16.6. The standard InChI is InChI=1S/C35H54N6O8/c1-11-13-14-22(27(45)30(47)36-15-12-2)37-29(46)23-16-21(42)19-40(23)31(48)28(34(6,7)8)39-32(49)38-24(33(3,4)5)20-41-25(43)17-35(9,10)18-26(41)44/h1,12,21-24,28,42H,2,13-20H2,3-10H3,(H,36,47)(H,37,46)(H2,38,39,49)/t21?,22?,23-,24+,28+/m0/s1. The van der Waals surface area contributed by atoms with Gasteiger partial charge >= 0.3 is 6.03 Å². The highest BCUT2D eigenvalue weighted by Crippen LogP contribution is 2.33. The largest absolute Gasteiger partial charge is 0.391 e. The van der Waals surface area contributed by atoms with Crippen molar-refractivity contribution in [3.05, 3.63) is 12.7 Å². The van der Waals surface area contributed by atoms with Crippen molar-refractivity contribution >= 4 is 41.4 Å². The first kappa shape index (κ1) is 40.9. The van der Waals surface area contributed by atoms with Crippen LogP contribution in [0.15, 0.2) is 12.7 Å². The molecule has 0 bridgehead atoms. The first-order valence-corrected chi connectivity index (χ1v) is 16.6. The highest BCUT2D eigenvalue weighted by Gasteiger charge is 2.46. The Morgan fingerprint density at radius 3 is 2.12 bits per heavy atom. The number of aliphatic hydroxyl groups is 1.